The molecule has 2 rings (SSSR count). The average Bonchev–Trinajstić information content (AvgIpc) is 2.66. The second kappa shape index (κ2) is 6.95. The minimum absolute atomic E-state index is 0.0958. The third-order valence-corrected chi connectivity index (χ3v) is 3.99. The van der Waals surface area contributed by atoms with E-state index in [1.54, 1.807) is 19.1 Å². The van der Waals surface area contributed by atoms with Gasteiger partial charge in [0, 0.05) is 50.8 Å². The van der Waals surface area contributed by atoms with E-state index >= 15 is 0 Å². The maximum absolute atomic E-state index is 13.9. The summed E-state index contributed by atoms with van der Waals surface area (Å²) >= 11 is 4.93. The first-order chi connectivity index (χ1) is 9.97. The van der Waals surface area contributed by atoms with Crippen LogP contribution in [0.1, 0.15) is 24.5 Å². The summed E-state index contributed by atoms with van der Waals surface area (Å²) in [5.41, 5.74) is 6.87. The van der Waals surface area contributed by atoms with E-state index in [9.17, 15) is 9.18 Å². The van der Waals surface area contributed by atoms with Gasteiger partial charge in [0.1, 0.15) is 10.8 Å². The second-order valence-corrected chi connectivity index (χ2v) is 5.75. The third-order valence-electron chi connectivity index (χ3n) is 3.76. The Morgan fingerprint density at radius 1 is 1.33 bits per heavy atom. The third kappa shape index (κ3) is 4.22. The monoisotopic (exact) mass is 309 g/mol. The van der Waals surface area contributed by atoms with E-state index < -0.39 is 0 Å². The van der Waals surface area contributed by atoms with Gasteiger partial charge >= 0.3 is 0 Å². The van der Waals surface area contributed by atoms with Crippen LogP contribution in [0.2, 0.25) is 0 Å². The van der Waals surface area contributed by atoms with Crippen molar-refractivity contribution < 1.29 is 9.18 Å². The van der Waals surface area contributed by atoms with Crippen LogP contribution in [-0.4, -0.2) is 46.9 Å². The van der Waals surface area contributed by atoms with E-state index in [4.69, 9.17) is 18.0 Å². The van der Waals surface area contributed by atoms with Crippen molar-refractivity contribution in [3.63, 3.8) is 0 Å². The maximum Gasteiger partial charge on any atom is 0.219 e. The standard InChI is InChI=1S/C15H20FN3OS/c1-11(20)19-6-2-5-18(7-8-19)10-13-9-12(15(17)21)3-4-14(13)16/h3-4,9H,2,5-8,10H2,1H3,(H2,17,21). The molecule has 1 aromatic rings. The van der Waals surface area contributed by atoms with E-state index in [1.165, 1.54) is 6.07 Å². The van der Waals surface area contributed by atoms with Crippen LogP contribution in [0.25, 0.3) is 0 Å². The molecule has 0 radical (unpaired) electrons. The summed E-state index contributed by atoms with van der Waals surface area (Å²) < 4.78 is 13.9. The number of rotatable bonds is 3. The SMILES string of the molecule is CC(=O)N1CCCN(Cc2cc(C(N)=S)ccc2F)CC1. The summed E-state index contributed by atoms with van der Waals surface area (Å²) in [6.07, 6.45) is 0.899. The molecular weight excluding hydrogens is 289 g/mol. The highest BCUT2D eigenvalue weighted by atomic mass is 32.1. The number of hydrogen-bond acceptors (Lipinski definition) is 3. The van der Waals surface area contributed by atoms with Crippen molar-refractivity contribution in [2.24, 2.45) is 5.73 Å². The molecule has 1 heterocycles. The molecule has 2 N–H and O–H groups in total. The quantitative estimate of drug-likeness (QED) is 0.860. The molecule has 1 saturated heterocycles. The van der Waals surface area contributed by atoms with Crippen LogP contribution in [0, 0.1) is 5.82 Å². The molecular formula is C15H20FN3OS. The maximum atomic E-state index is 13.9. The first-order valence-electron chi connectivity index (χ1n) is 7.03. The predicted octanol–water partition coefficient (Wildman–Crippen LogP) is 1.51. The Kier molecular flexibility index (Phi) is 5.25. The molecule has 114 valence electrons. The Morgan fingerprint density at radius 2 is 2.10 bits per heavy atom. The molecule has 0 aliphatic carbocycles. The molecule has 1 fully saturated rings. The van der Waals surface area contributed by atoms with E-state index in [2.05, 4.69) is 4.90 Å². The zero-order valence-corrected chi connectivity index (χ0v) is 13.0. The minimum Gasteiger partial charge on any atom is -0.389 e. The fraction of sp³-hybridized carbons (Fsp3) is 0.467. The van der Waals surface area contributed by atoms with Gasteiger partial charge in [-0.15, -0.1) is 0 Å². The lowest BCUT2D eigenvalue weighted by atomic mass is 10.1. The molecule has 0 spiro atoms. The average molecular weight is 309 g/mol. The van der Waals surface area contributed by atoms with E-state index in [1.807, 2.05) is 4.90 Å². The van der Waals surface area contributed by atoms with Gasteiger partial charge in [0.05, 0.1) is 0 Å². The van der Waals surface area contributed by atoms with Crippen LogP contribution in [0.3, 0.4) is 0 Å². The molecule has 0 saturated carbocycles. The van der Waals surface area contributed by atoms with Gasteiger partial charge in [0.2, 0.25) is 5.91 Å². The molecule has 0 atom stereocenters. The number of amides is 1. The summed E-state index contributed by atoms with van der Waals surface area (Å²) in [6, 6.07) is 4.72. The Labute approximate surface area is 129 Å². The summed E-state index contributed by atoms with van der Waals surface area (Å²) in [5.74, 6) is -0.152. The van der Waals surface area contributed by atoms with Gasteiger partial charge in [-0.1, -0.05) is 12.2 Å². The van der Waals surface area contributed by atoms with Crippen molar-refractivity contribution in [1.29, 1.82) is 0 Å². The minimum atomic E-state index is -0.248. The highest BCUT2D eigenvalue weighted by Crippen LogP contribution is 2.15. The number of hydrogen-bond donors (Lipinski definition) is 1. The molecule has 1 amide bonds. The zero-order valence-electron chi connectivity index (χ0n) is 12.1. The van der Waals surface area contributed by atoms with Gasteiger partial charge in [0.15, 0.2) is 0 Å². The number of benzene rings is 1. The second-order valence-electron chi connectivity index (χ2n) is 5.31. The molecule has 0 bridgehead atoms. The smallest absolute Gasteiger partial charge is 0.219 e. The van der Waals surface area contributed by atoms with Crippen LogP contribution in [-0.2, 0) is 11.3 Å². The molecule has 21 heavy (non-hydrogen) atoms. The Bertz CT molecular complexity index is 550. The summed E-state index contributed by atoms with van der Waals surface area (Å²) in [7, 11) is 0. The lowest BCUT2D eigenvalue weighted by Crippen LogP contribution is -2.33. The molecule has 4 nitrogen and oxygen atoms in total. The number of carbonyl (C=O) groups is 1. The topological polar surface area (TPSA) is 49.6 Å². The van der Waals surface area contributed by atoms with E-state index in [0.717, 1.165) is 26.1 Å². The van der Waals surface area contributed by atoms with Gasteiger partial charge in [-0.3, -0.25) is 9.69 Å². The number of nitrogens with zero attached hydrogens (tertiary/aromatic N) is 2. The van der Waals surface area contributed by atoms with Crippen LogP contribution in [0.5, 0.6) is 0 Å². The normalized spacial score (nSPS) is 16.6. The molecule has 0 unspecified atom stereocenters. The number of nitrogens with two attached hydrogens (primary N) is 1. The molecule has 0 aromatic heterocycles. The van der Waals surface area contributed by atoms with Crippen molar-refractivity contribution in [1.82, 2.24) is 9.80 Å². The Morgan fingerprint density at radius 3 is 2.76 bits per heavy atom. The van der Waals surface area contributed by atoms with Crippen molar-refractivity contribution >= 4 is 23.1 Å². The molecule has 1 aliphatic heterocycles. The Balaban J connectivity index is 2.06. The van der Waals surface area contributed by atoms with Crippen molar-refractivity contribution in [3.8, 4) is 0 Å². The van der Waals surface area contributed by atoms with E-state index in [-0.39, 0.29) is 16.7 Å². The van der Waals surface area contributed by atoms with Crippen LogP contribution in [0.15, 0.2) is 18.2 Å². The van der Waals surface area contributed by atoms with Crippen molar-refractivity contribution in [3.05, 3.63) is 35.1 Å². The molecule has 6 heteroatoms. The number of thiocarbonyl (C=S) groups is 1. The summed E-state index contributed by atoms with van der Waals surface area (Å²) in [5, 5.41) is 0. The largest absolute Gasteiger partial charge is 0.389 e. The van der Waals surface area contributed by atoms with Crippen LogP contribution in [0.4, 0.5) is 4.39 Å². The highest BCUT2D eigenvalue weighted by Gasteiger charge is 2.17. The van der Waals surface area contributed by atoms with Gasteiger partial charge < -0.3 is 10.6 Å². The van der Waals surface area contributed by atoms with Gasteiger partial charge in [0.25, 0.3) is 0 Å². The summed E-state index contributed by atoms with van der Waals surface area (Å²) in [4.78, 5) is 15.7. The zero-order chi connectivity index (χ0) is 15.4. The number of halogens is 1. The number of carbonyl (C=O) groups excluding carboxylic acids is 1. The van der Waals surface area contributed by atoms with Gasteiger partial charge in [-0.2, -0.15) is 0 Å². The van der Waals surface area contributed by atoms with Crippen molar-refractivity contribution in [2.45, 2.75) is 19.9 Å². The first-order valence-corrected chi connectivity index (χ1v) is 7.44. The fourth-order valence-electron chi connectivity index (χ4n) is 2.53. The fourth-order valence-corrected chi connectivity index (χ4v) is 2.66. The summed E-state index contributed by atoms with van der Waals surface area (Å²) in [6.45, 7) is 5.14. The highest BCUT2D eigenvalue weighted by molar-refractivity contribution is 7.80. The van der Waals surface area contributed by atoms with Crippen LogP contribution < -0.4 is 5.73 Å². The van der Waals surface area contributed by atoms with Crippen molar-refractivity contribution in [2.75, 3.05) is 26.2 Å². The van der Waals surface area contributed by atoms with Gasteiger partial charge in [-0.25, -0.2) is 4.39 Å². The first kappa shape index (κ1) is 15.9. The van der Waals surface area contributed by atoms with E-state index in [0.29, 0.717) is 24.2 Å². The lowest BCUT2D eigenvalue weighted by Gasteiger charge is -2.21. The Hall–Kier alpha value is -1.53. The van der Waals surface area contributed by atoms with Crippen LogP contribution >= 0.6 is 12.2 Å². The molecule has 1 aromatic carbocycles. The van der Waals surface area contributed by atoms with Gasteiger partial charge in [-0.05, 0) is 24.6 Å². The lowest BCUT2D eigenvalue weighted by molar-refractivity contribution is -0.128. The predicted molar refractivity (Wildman–Crippen MR) is 84.4 cm³/mol. The molecule has 1 aliphatic rings.